The van der Waals surface area contributed by atoms with Crippen LogP contribution in [0.3, 0.4) is 0 Å². The molecule has 0 radical (unpaired) electrons. The summed E-state index contributed by atoms with van der Waals surface area (Å²) >= 11 is 1.80. The van der Waals surface area contributed by atoms with Crippen LogP contribution >= 0.6 is 11.3 Å². The molecule has 1 fully saturated rings. The van der Waals surface area contributed by atoms with Crippen LogP contribution in [-0.2, 0) is 17.6 Å². The first kappa shape index (κ1) is 21.8. The van der Waals surface area contributed by atoms with E-state index in [0.29, 0.717) is 0 Å². The van der Waals surface area contributed by atoms with E-state index < -0.39 is 0 Å². The van der Waals surface area contributed by atoms with Crippen molar-refractivity contribution in [2.24, 2.45) is 0 Å². The molecule has 0 unspecified atom stereocenters. The Labute approximate surface area is 195 Å². The minimum absolute atomic E-state index is 0.792. The fourth-order valence-corrected chi connectivity index (χ4v) is 6.28. The monoisotopic (exact) mass is 453 g/mol. The number of hydrogen-bond acceptors (Lipinski definition) is 7. The molecule has 0 N–H and O–H groups in total. The van der Waals surface area contributed by atoms with Gasteiger partial charge in [0, 0.05) is 31.6 Å². The van der Waals surface area contributed by atoms with E-state index in [1.54, 1.807) is 17.7 Å². The lowest BCUT2D eigenvalue weighted by molar-refractivity contribution is 0.122. The number of hydrogen-bond donors (Lipinski definition) is 0. The number of aryl methyl sites for hydroxylation is 1. The van der Waals surface area contributed by atoms with E-state index in [0.717, 1.165) is 68.4 Å². The van der Waals surface area contributed by atoms with Gasteiger partial charge in [-0.25, -0.2) is 15.0 Å². The highest BCUT2D eigenvalue weighted by Gasteiger charge is 2.27. The van der Waals surface area contributed by atoms with E-state index in [2.05, 4.69) is 23.6 Å². The molecule has 0 bridgehead atoms. The van der Waals surface area contributed by atoms with Gasteiger partial charge in [-0.1, -0.05) is 26.7 Å². The number of ether oxygens (including phenoxy) is 1. The van der Waals surface area contributed by atoms with Gasteiger partial charge in [0.05, 0.1) is 23.4 Å². The van der Waals surface area contributed by atoms with Crippen molar-refractivity contribution in [3.05, 3.63) is 17.5 Å². The second-order valence-electron chi connectivity index (χ2n) is 9.05. The second-order valence-corrected chi connectivity index (χ2v) is 10.0. The van der Waals surface area contributed by atoms with Crippen molar-refractivity contribution in [2.75, 3.05) is 49.2 Å². The lowest BCUT2D eigenvalue weighted by atomic mass is 9.90. The third kappa shape index (κ3) is 4.05. The molecule has 0 spiro atoms. The minimum Gasteiger partial charge on any atom is -0.378 e. The van der Waals surface area contributed by atoms with Crippen molar-refractivity contribution in [2.45, 2.75) is 65.2 Å². The highest BCUT2D eigenvalue weighted by Crippen LogP contribution is 2.43. The second kappa shape index (κ2) is 9.87. The Morgan fingerprint density at radius 2 is 1.72 bits per heavy atom. The van der Waals surface area contributed by atoms with E-state index in [1.807, 2.05) is 0 Å². The highest BCUT2D eigenvalue weighted by atomic mass is 32.1. The standard InChI is InChI=1S/C25H35N5OS/c1-3-5-11-29(12-6-4-2)24-22-21(26-17-27-24)20-18-9-7-8-10-19(18)23(28-25(20)32-22)30-13-15-31-16-14-30/h17H,3-16H2,1-2H3. The van der Waals surface area contributed by atoms with Crippen LogP contribution < -0.4 is 9.80 Å². The summed E-state index contributed by atoms with van der Waals surface area (Å²) in [6.07, 6.45) is 11.3. The number of thiophene rings is 1. The van der Waals surface area contributed by atoms with Gasteiger partial charge < -0.3 is 14.5 Å². The molecule has 0 aromatic carbocycles. The summed E-state index contributed by atoms with van der Waals surface area (Å²) in [6, 6.07) is 0. The average molecular weight is 454 g/mol. The molecular formula is C25H35N5OS. The molecule has 172 valence electrons. The van der Waals surface area contributed by atoms with Crippen LogP contribution in [0.5, 0.6) is 0 Å². The van der Waals surface area contributed by atoms with Gasteiger partial charge in [0.15, 0.2) is 0 Å². The Kier molecular flexibility index (Phi) is 6.74. The molecule has 0 atom stereocenters. The Balaban J connectivity index is 1.66. The van der Waals surface area contributed by atoms with Crippen molar-refractivity contribution in [1.29, 1.82) is 0 Å². The third-order valence-corrected chi connectivity index (χ3v) is 7.92. The Morgan fingerprint density at radius 3 is 2.44 bits per heavy atom. The smallest absolute Gasteiger partial charge is 0.150 e. The van der Waals surface area contributed by atoms with Crippen LogP contribution in [0.15, 0.2) is 6.33 Å². The number of anilines is 2. The maximum Gasteiger partial charge on any atom is 0.150 e. The number of unbranched alkanes of at least 4 members (excludes halogenated alkanes) is 2. The zero-order valence-corrected chi connectivity index (χ0v) is 20.3. The van der Waals surface area contributed by atoms with E-state index >= 15 is 0 Å². The zero-order chi connectivity index (χ0) is 21.9. The van der Waals surface area contributed by atoms with E-state index in [-0.39, 0.29) is 0 Å². The summed E-state index contributed by atoms with van der Waals surface area (Å²) in [5.41, 5.74) is 4.07. The summed E-state index contributed by atoms with van der Waals surface area (Å²) in [7, 11) is 0. The van der Waals surface area contributed by atoms with Gasteiger partial charge in [-0.15, -0.1) is 11.3 Å². The van der Waals surface area contributed by atoms with Crippen molar-refractivity contribution in [1.82, 2.24) is 15.0 Å². The van der Waals surface area contributed by atoms with Crippen molar-refractivity contribution < 1.29 is 4.74 Å². The fourth-order valence-electron chi connectivity index (χ4n) is 5.11. The van der Waals surface area contributed by atoms with E-state index in [9.17, 15) is 0 Å². The molecular weight excluding hydrogens is 418 g/mol. The zero-order valence-electron chi connectivity index (χ0n) is 19.5. The lowest BCUT2D eigenvalue weighted by Crippen LogP contribution is -2.37. The van der Waals surface area contributed by atoms with Crippen LogP contribution in [0.4, 0.5) is 11.6 Å². The molecule has 1 aliphatic carbocycles. The van der Waals surface area contributed by atoms with Crippen LogP contribution in [0.2, 0.25) is 0 Å². The Morgan fingerprint density at radius 1 is 1.00 bits per heavy atom. The molecule has 0 amide bonds. The maximum atomic E-state index is 5.62. The number of aromatic nitrogens is 3. The van der Waals surface area contributed by atoms with Gasteiger partial charge in [-0.05, 0) is 49.7 Å². The molecule has 4 heterocycles. The van der Waals surface area contributed by atoms with E-state index in [1.165, 1.54) is 65.6 Å². The van der Waals surface area contributed by atoms with Gasteiger partial charge >= 0.3 is 0 Å². The Hall–Kier alpha value is -1.99. The summed E-state index contributed by atoms with van der Waals surface area (Å²) in [6.45, 7) is 10.1. The number of nitrogens with zero attached hydrogens (tertiary/aromatic N) is 5. The minimum atomic E-state index is 0.792. The van der Waals surface area contributed by atoms with Gasteiger partial charge in [-0.2, -0.15) is 0 Å². The number of rotatable bonds is 8. The fraction of sp³-hybridized carbons (Fsp3) is 0.640. The van der Waals surface area contributed by atoms with Gasteiger partial charge in [0.1, 0.15) is 22.8 Å². The summed E-state index contributed by atoms with van der Waals surface area (Å²) in [5, 5.41) is 1.30. The van der Waals surface area contributed by atoms with Crippen LogP contribution in [0, 0.1) is 0 Å². The molecule has 2 aliphatic rings. The first-order valence-corrected chi connectivity index (χ1v) is 13.3. The third-order valence-electron chi connectivity index (χ3n) is 6.85. The number of pyridine rings is 1. The van der Waals surface area contributed by atoms with E-state index in [4.69, 9.17) is 19.7 Å². The summed E-state index contributed by atoms with van der Waals surface area (Å²) in [4.78, 5) is 21.0. The van der Waals surface area contributed by atoms with Gasteiger partial charge in [0.2, 0.25) is 0 Å². The largest absolute Gasteiger partial charge is 0.378 e. The molecule has 1 aliphatic heterocycles. The SMILES string of the molecule is CCCCN(CCCC)c1ncnc2c1sc1nc(N3CCOCC3)c3c(c12)CCCC3. The maximum absolute atomic E-state index is 5.62. The topological polar surface area (TPSA) is 54.4 Å². The van der Waals surface area contributed by atoms with Crippen LogP contribution in [0.25, 0.3) is 20.4 Å². The highest BCUT2D eigenvalue weighted by molar-refractivity contribution is 7.26. The predicted molar refractivity (Wildman–Crippen MR) is 134 cm³/mol. The van der Waals surface area contributed by atoms with Crippen molar-refractivity contribution in [3.8, 4) is 0 Å². The van der Waals surface area contributed by atoms with Crippen molar-refractivity contribution >= 4 is 43.4 Å². The molecule has 7 heteroatoms. The van der Waals surface area contributed by atoms with Crippen molar-refractivity contribution in [3.63, 3.8) is 0 Å². The molecule has 5 rings (SSSR count). The Bertz CT molecular complexity index is 1070. The molecule has 0 saturated carbocycles. The molecule has 6 nitrogen and oxygen atoms in total. The van der Waals surface area contributed by atoms with Gasteiger partial charge in [0.25, 0.3) is 0 Å². The summed E-state index contributed by atoms with van der Waals surface area (Å²) in [5.74, 6) is 2.31. The lowest BCUT2D eigenvalue weighted by Gasteiger charge is -2.31. The number of fused-ring (bicyclic) bond motifs is 5. The first-order chi connectivity index (χ1) is 15.8. The molecule has 3 aromatic heterocycles. The van der Waals surface area contributed by atoms with Crippen LogP contribution in [0.1, 0.15) is 63.5 Å². The molecule has 3 aromatic rings. The number of morpholine rings is 1. The normalized spacial score (nSPS) is 16.6. The quantitative estimate of drug-likeness (QED) is 0.458. The molecule has 32 heavy (non-hydrogen) atoms. The first-order valence-electron chi connectivity index (χ1n) is 12.5. The predicted octanol–water partition coefficient (Wildman–Crippen LogP) is 5.36. The van der Waals surface area contributed by atoms with Crippen LogP contribution in [-0.4, -0.2) is 54.3 Å². The average Bonchev–Trinajstić information content (AvgIpc) is 3.23. The van der Waals surface area contributed by atoms with Gasteiger partial charge in [-0.3, -0.25) is 0 Å². The molecule has 1 saturated heterocycles. The summed E-state index contributed by atoms with van der Waals surface area (Å²) < 4.78 is 6.83.